The monoisotopic (exact) mass is 373 g/mol. The molecule has 3 rings (SSSR count). The number of nitriles is 1. The summed E-state index contributed by atoms with van der Waals surface area (Å²) in [5.74, 6) is -2.19. The molecule has 1 aromatic heterocycles. The molecule has 1 saturated heterocycles. The van der Waals surface area contributed by atoms with Gasteiger partial charge in [0.15, 0.2) is 5.03 Å². The summed E-state index contributed by atoms with van der Waals surface area (Å²) in [4.78, 5) is 8.51. The molecule has 1 aliphatic carbocycles. The maximum absolute atomic E-state index is 13.4. The largest absolute Gasteiger partial charge is 0.332 e. The maximum Gasteiger partial charge on any atom is 0.260 e. The second-order valence-electron chi connectivity index (χ2n) is 6.72. The van der Waals surface area contributed by atoms with Crippen LogP contribution in [0.25, 0.3) is 0 Å². The molecule has 0 radical (unpaired) electrons. The number of aromatic amines is 1. The van der Waals surface area contributed by atoms with E-state index in [2.05, 4.69) is 16.0 Å². The molecule has 0 aromatic carbocycles. The molecule has 0 amide bonds. The van der Waals surface area contributed by atoms with Crippen molar-refractivity contribution in [3.05, 3.63) is 12.0 Å². The number of piperazine rings is 1. The number of hydrogen-bond acceptors (Lipinski definition) is 5. The van der Waals surface area contributed by atoms with Gasteiger partial charge in [-0.2, -0.15) is 9.57 Å². The van der Waals surface area contributed by atoms with Crippen molar-refractivity contribution in [3.8, 4) is 6.07 Å². The summed E-state index contributed by atoms with van der Waals surface area (Å²) in [6.07, 6.45) is 0.919. The van der Waals surface area contributed by atoms with Crippen LogP contribution >= 0.6 is 0 Å². The first kappa shape index (κ1) is 18.2. The molecule has 1 N–H and O–H groups in total. The van der Waals surface area contributed by atoms with Crippen molar-refractivity contribution in [2.24, 2.45) is 0 Å². The van der Waals surface area contributed by atoms with Crippen molar-refractivity contribution in [1.29, 1.82) is 5.26 Å². The summed E-state index contributed by atoms with van der Waals surface area (Å²) in [5.41, 5.74) is -0.915. The summed E-state index contributed by atoms with van der Waals surface area (Å²) in [6, 6.07) is 2.22. The lowest BCUT2D eigenvalue weighted by atomic mass is 9.79. The number of sulfonamides is 1. The Labute approximate surface area is 145 Å². The standard InChI is InChI=1S/C15H21F2N5O2S/c1-12-19-10-13(20-12)25(23,24)22-8-6-21(7-9-22)14(11-18)2-4-15(16,17)5-3-14/h10H,2-9H2,1H3,(H,19,20). The van der Waals surface area contributed by atoms with Gasteiger partial charge in [0.05, 0.1) is 12.3 Å². The van der Waals surface area contributed by atoms with Gasteiger partial charge in [0, 0.05) is 39.0 Å². The fraction of sp³-hybridized carbons (Fsp3) is 0.733. The number of aryl methyl sites for hydroxylation is 1. The Bertz CT molecular complexity index is 768. The number of nitrogens with one attached hydrogen (secondary N) is 1. The van der Waals surface area contributed by atoms with Gasteiger partial charge in [-0.15, -0.1) is 0 Å². The average Bonchev–Trinajstić information content (AvgIpc) is 3.03. The van der Waals surface area contributed by atoms with Crippen LogP contribution in [0.1, 0.15) is 31.5 Å². The lowest BCUT2D eigenvalue weighted by Crippen LogP contribution is -2.59. The van der Waals surface area contributed by atoms with Gasteiger partial charge >= 0.3 is 0 Å². The highest BCUT2D eigenvalue weighted by Gasteiger charge is 2.48. The summed E-state index contributed by atoms with van der Waals surface area (Å²) >= 11 is 0. The van der Waals surface area contributed by atoms with E-state index in [1.807, 2.05) is 4.90 Å². The van der Waals surface area contributed by atoms with Gasteiger partial charge in [0.25, 0.3) is 10.0 Å². The summed E-state index contributed by atoms with van der Waals surface area (Å²) in [5, 5.41) is 9.64. The Morgan fingerprint density at radius 2 is 1.80 bits per heavy atom. The molecule has 1 saturated carbocycles. The minimum absolute atomic E-state index is 0.0470. The molecule has 0 atom stereocenters. The highest BCUT2D eigenvalue weighted by molar-refractivity contribution is 7.89. The van der Waals surface area contributed by atoms with E-state index in [1.165, 1.54) is 10.5 Å². The number of hydrogen-bond donors (Lipinski definition) is 1. The van der Waals surface area contributed by atoms with E-state index in [0.29, 0.717) is 18.9 Å². The van der Waals surface area contributed by atoms with E-state index in [9.17, 15) is 22.5 Å². The Balaban J connectivity index is 1.68. The number of H-pyrrole nitrogens is 1. The van der Waals surface area contributed by atoms with E-state index < -0.39 is 21.5 Å². The van der Waals surface area contributed by atoms with Crippen LogP contribution in [-0.2, 0) is 10.0 Å². The minimum Gasteiger partial charge on any atom is -0.332 e. The number of imidazole rings is 1. The van der Waals surface area contributed by atoms with Crippen LogP contribution in [0.2, 0.25) is 0 Å². The molecule has 0 spiro atoms. The fourth-order valence-electron chi connectivity index (χ4n) is 3.55. The van der Waals surface area contributed by atoms with Crippen molar-refractivity contribution >= 4 is 10.0 Å². The van der Waals surface area contributed by atoms with Gasteiger partial charge in [-0.05, 0) is 19.8 Å². The molecule has 0 unspecified atom stereocenters. The normalized spacial score (nSPS) is 24.7. The molecule has 0 bridgehead atoms. The molecule has 1 aromatic rings. The highest BCUT2D eigenvalue weighted by atomic mass is 32.2. The number of rotatable bonds is 3. The fourth-order valence-corrected chi connectivity index (χ4v) is 4.94. The molecule has 2 aliphatic rings. The third-order valence-corrected chi connectivity index (χ3v) is 6.97. The van der Waals surface area contributed by atoms with E-state index in [4.69, 9.17) is 0 Å². The lowest BCUT2D eigenvalue weighted by molar-refractivity contribution is -0.0716. The maximum atomic E-state index is 13.4. The van der Waals surface area contributed by atoms with Crippen LogP contribution in [0.4, 0.5) is 8.78 Å². The highest BCUT2D eigenvalue weighted by Crippen LogP contribution is 2.41. The molecule has 138 valence electrons. The molecule has 10 heteroatoms. The molecule has 2 heterocycles. The van der Waals surface area contributed by atoms with Crippen molar-refractivity contribution in [3.63, 3.8) is 0 Å². The van der Waals surface area contributed by atoms with Gasteiger partial charge in [-0.3, -0.25) is 4.90 Å². The first-order valence-corrected chi connectivity index (χ1v) is 9.68. The number of halogens is 2. The SMILES string of the molecule is Cc1ncc(S(=O)(=O)N2CCN(C3(C#N)CCC(F)(F)CC3)CC2)[nH]1. The van der Waals surface area contributed by atoms with Gasteiger partial charge in [0.1, 0.15) is 11.4 Å². The zero-order valence-corrected chi connectivity index (χ0v) is 14.8. The van der Waals surface area contributed by atoms with Gasteiger partial charge in [0.2, 0.25) is 5.92 Å². The van der Waals surface area contributed by atoms with Gasteiger partial charge in [-0.1, -0.05) is 0 Å². The van der Waals surface area contributed by atoms with Crippen molar-refractivity contribution in [2.45, 2.75) is 49.1 Å². The Morgan fingerprint density at radius 1 is 1.20 bits per heavy atom. The second kappa shape index (κ2) is 6.30. The molecular formula is C15H21F2N5O2S. The summed E-state index contributed by atoms with van der Waals surface area (Å²) in [7, 11) is -3.65. The molecule has 7 nitrogen and oxygen atoms in total. The third-order valence-electron chi connectivity index (χ3n) is 5.16. The molecular weight excluding hydrogens is 352 g/mol. The zero-order chi connectivity index (χ0) is 18.3. The van der Waals surface area contributed by atoms with Crippen molar-refractivity contribution in [2.75, 3.05) is 26.2 Å². The van der Waals surface area contributed by atoms with E-state index in [-0.39, 0.29) is 43.8 Å². The van der Waals surface area contributed by atoms with Crippen LogP contribution in [0.15, 0.2) is 11.2 Å². The lowest BCUT2D eigenvalue weighted by Gasteiger charge is -2.46. The van der Waals surface area contributed by atoms with Crippen LogP contribution in [-0.4, -0.2) is 65.2 Å². The molecule has 25 heavy (non-hydrogen) atoms. The van der Waals surface area contributed by atoms with Crippen molar-refractivity contribution in [1.82, 2.24) is 19.2 Å². The molecule has 1 aliphatic heterocycles. The van der Waals surface area contributed by atoms with Gasteiger partial charge < -0.3 is 4.98 Å². The van der Waals surface area contributed by atoms with Crippen molar-refractivity contribution < 1.29 is 17.2 Å². The summed E-state index contributed by atoms with van der Waals surface area (Å²) < 4.78 is 53.4. The quantitative estimate of drug-likeness (QED) is 0.867. The smallest absolute Gasteiger partial charge is 0.260 e. The Kier molecular flexibility index (Phi) is 4.59. The average molecular weight is 373 g/mol. The first-order chi connectivity index (χ1) is 11.7. The number of alkyl halides is 2. The Hall–Kier alpha value is -1.57. The van der Waals surface area contributed by atoms with Crippen LogP contribution in [0.5, 0.6) is 0 Å². The predicted molar refractivity (Wildman–Crippen MR) is 85.4 cm³/mol. The predicted octanol–water partition coefficient (Wildman–Crippen LogP) is 1.50. The van der Waals surface area contributed by atoms with Crippen LogP contribution < -0.4 is 0 Å². The van der Waals surface area contributed by atoms with Crippen LogP contribution in [0.3, 0.4) is 0 Å². The zero-order valence-electron chi connectivity index (χ0n) is 14.0. The van der Waals surface area contributed by atoms with Gasteiger partial charge in [-0.25, -0.2) is 22.2 Å². The minimum atomic E-state index is -3.65. The summed E-state index contributed by atoms with van der Waals surface area (Å²) in [6.45, 7) is 2.82. The first-order valence-electron chi connectivity index (χ1n) is 8.24. The van der Waals surface area contributed by atoms with Crippen LogP contribution in [0, 0.1) is 18.3 Å². The van der Waals surface area contributed by atoms with E-state index >= 15 is 0 Å². The topological polar surface area (TPSA) is 93.1 Å². The second-order valence-corrected chi connectivity index (χ2v) is 8.63. The van der Waals surface area contributed by atoms with E-state index in [1.54, 1.807) is 6.92 Å². The molecule has 2 fully saturated rings. The van der Waals surface area contributed by atoms with E-state index in [0.717, 1.165) is 0 Å². The third kappa shape index (κ3) is 3.41. The number of aromatic nitrogens is 2. The number of nitrogens with zero attached hydrogens (tertiary/aromatic N) is 4. The Morgan fingerprint density at radius 3 is 2.28 bits per heavy atom.